The van der Waals surface area contributed by atoms with Crippen LogP contribution in [0.3, 0.4) is 0 Å². The first-order valence-electron chi connectivity index (χ1n) is 12.2. The highest BCUT2D eigenvalue weighted by molar-refractivity contribution is 6.33. The molecule has 0 spiro atoms. The molecule has 1 N–H and O–H groups in total. The van der Waals surface area contributed by atoms with Gasteiger partial charge in [-0.15, -0.1) is 11.6 Å². The minimum atomic E-state index is -1.42. The van der Waals surface area contributed by atoms with E-state index in [1.807, 2.05) is 18.2 Å². The van der Waals surface area contributed by atoms with Crippen molar-refractivity contribution < 1.29 is 28.5 Å². The lowest BCUT2D eigenvalue weighted by Crippen LogP contribution is -2.28. The normalized spacial score (nSPS) is 12.6. The maximum atomic E-state index is 13.1. The number of unbranched alkanes of at least 4 members (excludes halogenated alkanes) is 1. The van der Waals surface area contributed by atoms with Gasteiger partial charge in [0.25, 0.3) is 0 Å². The van der Waals surface area contributed by atoms with Gasteiger partial charge < -0.3 is 19.3 Å². The summed E-state index contributed by atoms with van der Waals surface area (Å²) in [6.45, 7) is 4.93. The number of hydrogen-bond donors (Lipinski definition) is 1. The van der Waals surface area contributed by atoms with Gasteiger partial charge in [-0.3, -0.25) is 0 Å². The van der Waals surface area contributed by atoms with Gasteiger partial charge in [0.2, 0.25) is 0 Å². The molecule has 36 heavy (non-hydrogen) atoms. The second-order valence-corrected chi connectivity index (χ2v) is 9.11. The maximum Gasteiger partial charge on any atom is 0.329 e. The lowest BCUT2D eigenvalue weighted by molar-refractivity contribution is -0.140. The van der Waals surface area contributed by atoms with E-state index in [1.165, 1.54) is 12.1 Å². The first-order chi connectivity index (χ1) is 17.4. The predicted molar refractivity (Wildman–Crippen MR) is 139 cm³/mol. The highest BCUT2D eigenvalue weighted by Gasteiger charge is 2.36. The Morgan fingerprint density at radius 3 is 2.11 bits per heavy atom. The third-order valence-electron chi connectivity index (χ3n) is 5.80. The molecule has 0 aliphatic carbocycles. The van der Waals surface area contributed by atoms with E-state index in [0.717, 1.165) is 37.0 Å². The van der Waals surface area contributed by atoms with E-state index in [4.69, 9.17) is 25.8 Å². The summed E-state index contributed by atoms with van der Waals surface area (Å²) in [5.74, 6) is 1.41. The average molecular weight is 515 g/mol. The molecule has 5 nitrogen and oxygen atoms in total. The molecule has 3 rings (SSSR count). The summed E-state index contributed by atoms with van der Waals surface area (Å²) in [5, 5.41) is 9.40. The second kappa shape index (κ2) is 13.2. The summed E-state index contributed by atoms with van der Waals surface area (Å²) in [5.41, 5.74) is 1.61. The fraction of sp³-hybridized carbons (Fsp3) is 0.345. The fourth-order valence-corrected chi connectivity index (χ4v) is 3.86. The highest BCUT2D eigenvalue weighted by atomic mass is 35.5. The molecule has 7 heteroatoms. The quantitative estimate of drug-likeness (QED) is 0.176. The van der Waals surface area contributed by atoms with Gasteiger partial charge in [-0.2, -0.15) is 0 Å². The molecule has 0 bridgehead atoms. The van der Waals surface area contributed by atoms with E-state index in [0.29, 0.717) is 36.0 Å². The molecular weight excluding hydrogens is 483 g/mol. The van der Waals surface area contributed by atoms with E-state index in [9.17, 15) is 14.3 Å². The van der Waals surface area contributed by atoms with E-state index in [1.54, 1.807) is 43.3 Å². The zero-order valence-corrected chi connectivity index (χ0v) is 21.4. The first-order valence-corrected chi connectivity index (χ1v) is 12.6. The number of alkyl halides is 1. The molecule has 0 saturated carbocycles. The van der Waals surface area contributed by atoms with Gasteiger partial charge in [-0.25, -0.2) is 9.18 Å². The van der Waals surface area contributed by atoms with Crippen molar-refractivity contribution in [3.63, 3.8) is 0 Å². The van der Waals surface area contributed by atoms with E-state index in [-0.39, 0.29) is 12.2 Å². The van der Waals surface area contributed by atoms with Crippen LogP contribution in [0.1, 0.15) is 50.7 Å². The van der Waals surface area contributed by atoms with Crippen molar-refractivity contribution in [2.45, 2.75) is 50.8 Å². The Balaban J connectivity index is 1.45. The van der Waals surface area contributed by atoms with Crippen LogP contribution in [0.2, 0.25) is 0 Å². The Bertz CT molecular complexity index is 1120. The van der Waals surface area contributed by atoms with Crippen LogP contribution in [0.4, 0.5) is 4.39 Å². The lowest BCUT2D eigenvalue weighted by Gasteiger charge is -2.21. The summed E-state index contributed by atoms with van der Waals surface area (Å²) < 4.78 is 30.8. The Hall–Kier alpha value is -3.25. The lowest BCUT2D eigenvalue weighted by atomic mass is 9.95. The zero-order chi connectivity index (χ0) is 26.0. The third-order valence-corrected chi connectivity index (χ3v) is 6.45. The smallest absolute Gasteiger partial charge is 0.329 e. The molecule has 0 aliphatic heterocycles. The minimum absolute atomic E-state index is 0.286. The van der Waals surface area contributed by atoms with Gasteiger partial charge in [-0.1, -0.05) is 32.4 Å². The van der Waals surface area contributed by atoms with Crippen molar-refractivity contribution in [3.05, 3.63) is 83.7 Å². The summed E-state index contributed by atoms with van der Waals surface area (Å²) in [6.07, 6.45) is 3.74. The molecule has 0 saturated heterocycles. The topological polar surface area (TPSA) is 65.0 Å². The van der Waals surface area contributed by atoms with E-state index in [2.05, 4.69) is 6.92 Å². The third kappa shape index (κ3) is 7.37. The number of halogens is 2. The minimum Gasteiger partial charge on any atom is -0.494 e. The summed E-state index contributed by atoms with van der Waals surface area (Å²) in [4.78, 5) is 10.1. The van der Waals surface area contributed by atoms with Crippen LogP contribution in [0, 0.1) is 5.82 Å². The number of carboxylic acids is 1. The number of aliphatic carboxylic acids is 1. The highest BCUT2D eigenvalue weighted by Crippen LogP contribution is 2.34. The molecule has 0 amide bonds. The van der Waals surface area contributed by atoms with Crippen LogP contribution in [0.5, 0.6) is 23.0 Å². The van der Waals surface area contributed by atoms with Crippen LogP contribution in [0.25, 0.3) is 0 Å². The SMILES string of the molecule is CCCc1cc(Oc2ccc(F)cc2)ccc1OCCCCOc1ccc(C(Cl)(CC)C(=O)O)cc1. The number of carbonyl (C=O) groups is 1. The van der Waals surface area contributed by atoms with E-state index < -0.39 is 10.8 Å². The van der Waals surface area contributed by atoms with Crippen molar-refractivity contribution in [2.75, 3.05) is 13.2 Å². The molecule has 0 radical (unpaired) electrons. The molecule has 0 fully saturated rings. The van der Waals surface area contributed by atoms with Gasteiger partial charge in [-0.05, 0) is 91.4 Å². The average Bonchev–Trinajstić information content (AvgIpc) is 2.88. The zero-order valence-electron chi connectivity index (χ0n) is 20.6. The largest absolute Gasteiger partial charge is 0.494 e. The van der Waals surface area contributed by atoms with Crippen molar-refractivity contribution in [2.24, 2.45) is 0 Å². The van der Waals surface area contributed by atoms with Crippen molar-refractivity contribution in [1.82, 2.24) is 0 Å². The number of aryl methyl sites for hydroxylation is 1. The van der Waals surface area contributed by atoms with Crippen LogP contribution in [-0.4, -0.2) is 24.3 Å². The monoisotopic (exact) mass is 514 g/mol. The van der Waals surface area contributed by atoms with Crippen molar-refractivity contribution >= 4 is 17.6 Å². The molecule has 0 aliphatic rings. The Labute approximate surface area is 216 Å². The maximum absolute atomic E-state index is 13.1. The second-order valence-electron chi connectivity index (χ2n) is 8.46. The molecular formula is C29H32ClFO5. The molecule has 0 aromatic heterocycles. The molecule has 192 valence electrons. The number of ether oxygens (including phenoxy) is 3. The molecule has 3 aromatic carbocycles. The van der Waals surface area contributed by atoms with Gasteiger partial charge in [0.1, 0.15) is 28.8 Å². The molecule has 1 atom stereocenters. The van der Waals surface area contributed by atoms with Crippen LogP contribution < -0.4 is 14.2 Å². The standard InChI is InChI=1S/C29H32ClFO5/c1-3-7-21-20-26(36-25-14-10-23(31)11-15-25)16-17-27(21)35-19-6-5-18-34-24-12-8-22(9-13-24)29(30,4-2)28(32)33/h8-17,20H,3-7,18-19H2,1-2H3,(H,32,33). The van der Waals surface area contributed by atoms with Gasteiger partial charge in [0.05, 0.1) is 13.2 Å². The molecule has 3 aromatic rings. The van der Waals surface area contributed by atoms with Crippen LogP contribution >= 0.6 is 11.6 Å². The van der Waals surface area contributed by atoms with Crippen LogP contribution in [0.15, 0.2) is 66.7 Å². The summed E-state index contributed by atoms with van der Waals surface area (Å²) >= 11 is 6.26. The van der Waals surface area contributed by atoms with Crippen molar-refractivity contribution in [1.29, 1.82) is 0 Å². The predicted octanol–water partition coefficient (Wildman–Crippen LogP) is 7.74. The van der Waals surface area contributed by atoms with Gasteiger partial charge >= 0.3 is 5.97 Å². The first kappa shape index (κ1) is 27.3. The van der Waals surface area contributed by atoms with Gasteiger partial charge in [0, 0.05) is 0 Å². The summed E-state index contributed by atoms with van der Waals surface area (Å²) in [6, 6.07) is 18.5. The number of hydrogen-bond acceptors (Lipinski definition) is 4. The molecule has 1 unspecified atom stereocenters. The van der Waals surface area contributed by atoms with Gasteiger partial charge in [0.15, 0.2) is 4.87 Å². The van der Waals surface area contributed by atoms with Crippen LogP contribution in [-0.2, 0) is 16.1 Å². The van der Waals surface area contributed by atoms with E-state index >= 15 is 0 Å². The summed E-state index contributed by atoms with van der Waals surface area (Å²) in [7, 11) is 0. The fourth-order valence-electron chi connectivity index (χ4n) is 3.73. The Morgan fingerprint density at radius 2 is 1.50 bits per heavy atom. The Kier molecular flexibility index (Phi) is 10.00. The Morgan fingerprint density at radius 1 is 0.889 bits per heavy atom. The molecule has 0 heterocycles. The number of carboxylic acid groups (broad SMARTS) is 1. The number of benzene rings is 3. The number of rotatable bonds is 14. The van der Waals surface area contributed by atoms with Crippen molar-refractivity contribution in [3.8, 4) is 23.0 Å².